The average Bonchev–Trinajstić information content (AvgIpc) is 3.06. The highest BCUT2D eigenvalue weighted by atomic mass is 16.5. The van der Waals surface area contributed by atoms with Crippen molar-refractivity contribution >= 4 is 11.9 Å². The highest BCUT2D eigenvalue weighted by Gasteiger charge is 2.22. The third-order valence-corrected chi connectivity index (χ3v) is 4.34. The Hall–Kier alpha value is -3.34. The van der Waals surface area contributed by atoms with Gasteiger partial charge < -0.3 is 14.0 Å². The molecule has 0 radical (unpaired) electrons. The van der Waals surface area contributed by atoms with Crippen LogP contribution in [0, 0.1) is 6.92 Å². The Bertz CT molecular complexity index is 989. The number of aryl methyl sites for hydroxylation is 1. The van der Waals surface area contributed by atoms with Crippen molar-refractivity contribution in [1.29, 1.82) is 0 Å². The summed E-state index contributed by atoms with van der Waals surface area (Å²) < 4.78 is 12.3. The SMILES string of the molecule is CCOC(=O)c1cccc(-n2c(C)cc(C(=O)OCC)c2-c2ccccc2)c1. The molecule has 0 aliphatic rings. The summed E-state index contributed by atoms with van der Waals surface area (Å²) in [5, 5.41) is 0. The van der Waals surface area contributed by atoms with E-state index in [2.05, 4.69) is 0 Å². The molecule has 0 saturated heterocycles. The van der Waals surface area contributed by atoms with Crippen molar-refractivity contribution in [3.8, 4) is 16.9 Å². The van der Waals surface area contributed by atoms with Gasteiger partial charge in [-0.05, 0) is 50.6 Å². The zero-order valence-corrected chi connectivity index (χ0v) is 16.3. The molecule has 1 heterocycles. The number of carbonyl (C=O) groups excluding carboxylic acids is 2. The predicted molar refractivity (Wildman–Crippen MR) is 108 cm³/mol. The first-order valence-electron chi connectivity index (χ1n) is 9.29. The molecule has 0 unspecified atom stereocenters. The van der Waals surface area contributed by atoms with Crippen LogP contribution >= 0.6 is 0 Å². The molecule has 5 heteroatoms. The topological polar surface area (TPSA) is 57.5 Å². The monoisotopic (exact) mass is 377 g/mol. The van der Waals surface area contributed by atoms with Gasteiger partial charge in [0.05, 0.1) is 30.0 Å². The van der Waals surface area contributed by atoms with Crippen LogP contribution < -0.4 is 0 Å². The first-order chi connectivity index (χ1) is 13.6. The minimum Gasteiger partial charge on any atom is -0.462 e. The fourth-order valence-electron chi connectivity index (χ4n) is 3.20. The molecule has 2 aromatic carbocycles. The first-order valence-corrected chi connectivity index (χ1v) is 9.29. The second-order valence-corrected chi connectivity index (χ2v) is 6.24. The van der Waals surface area contributed by atoms with Crippen LogP contribution in [0.25, 0.3) is 16.9 Å². The molecule has 3 aromatic rings. The van der Waals surface area contributed by atoms with Gasteiger partial charge in [0.2, 0.25) is 0 Å². The molecule has 0 aliphatic heterocycles. The summed E-state index contributed by atoms with van der Waals surface area (Å²) in [5.74, 6) is -0.745. The molecule has 0 spiro atoms. The lowest BCUT2D eigenvalue weighted by atomic mass is 10.1. The Kier molecular flexibility index (Phi) is 5.94. The fraction of sp³-hybridized carbons (Fsp3) is 0.217. The second-order valence-electron chi connectivity index (χ2n) is 6.24. The zero-order valence-electron chi connectivity index (χ0n) is 16.3. The summed E-state index contributed by atoms with van der Waals surface area (Å²) in [6.45, 7) is 6.10. The van der Waals surface area contributed by atoms with E-state index in [1.165, 1.54) is 0 Å². The van der Waals surface area contributed by atoms with E-state index in [0.717, 1.165) is 22.6 Å². The third-order valence-electron chi connectivity index (χ3n) is 4.34. The van der Waals surface area contributed by atoms with Gasteiger partial charge in [-0.1, -0.05) is 36.4 Å². The number of hydrogen-bond donors (Lipinski definition) is 0. The van der Waals surface area contributed by atoms with Gasteiger partial charge in [-0.2, -0.15) is 0 Å². The molecule has 3 rings (SSSR count). The molecule has 0 N–H and O–H groups in total. The maximum atomic E-state index is 12.6. The molecular weight excluding hydrogens is 354 g/mol. The fourth-order valence-corrected chi connectivity index (χ4v) is 3.20. The van der Waals surface area contributed by atoms with Crippen LogP contribution in [0.3, 0.4) is 0 Å². The Morgan fingerprint density at radius 1 is 0.857 bits per heavy atom. The minimum absolute atomic E-state index is 0.301. The molecule has 0 bridgehead atoms. The number of rotatable bonds is 6. The normalized spacial score (nSPS) is 10.5. The van der Waals surface area contributed by atoms with Crippen LogP contribution in [0.5, 0.6) is 0 Å². The second kappa shape index (κ2) is 8.57. The third kappa shape index (κ3) is 3.83. The van der Waals surface area contributed by atoms with Gasteiger partial charge in [0.25, 0.3) is 0 Å². The molecule has 0 aliphatic carbocycles. The smallest absolute Gasteiger partial charge is 0.340 e. The minimum atomic E-state index is -0.374. The van der Waals surface area contributed by atoms with E-state index in [1.807, 2.05) is 54.0 Å². The molecule has 0 amide bonds. The number of aromatic nitrogens is 1. The molecule has 0 atom stereocenters. The van der Waals surface area contributed by atoms with E-state index < -0.39 is 0 Å². The lowest BCUT2D eigenvalue weighted by Crippen LogP contribution is -2.08. The molecule has 0 fully saturated rings. The van der Waals surface area contributed by atoms with Crippen molar-refractivity contribution in [3.63, 3.8) is 0 Å². The van der Waals surface area contributed by atoms with Crippen LogP contribution in [0.1, 0.15) is 40.3 Å². The van der Waals surface area contributed by atoms with Gasteiger partial charge in [0, 0.05) is 11.4 Å². The molecule has 1 aromatic heterocycles. The Balaban J connectivity index is 2.20. The lowest BCUT2D eigenvalue weighted by Gasteiger charge is -2.14. The van der Waals surface area contributed by atoms with Crippen molar-refractivity contribution in [2.24, 2.45) is 0 Å². The van der Waals surface area contributed by atoms with E-state index in [9.17, 15) is 9.59 Å². The number of ether oxygens (including phenoxy) is 2. The highest BCUT2D eigenvalue weighted by molar-refractivity contribution is 5.98. The van der Waals surface area contributed by atoms with Crippen LogP contribution in [-0.2, 0) is 9.47 Å². The standard InChI is InChI=1S/C23H23NO4/c1-4-27-22(25)18-12-9-13-19(15-18)24-16(3)14-20(23(26)28-5-2)21(24)17-10-7-6-8-11-17/h6-15H,4-5H2,1-3H3. The Labute approximate surface area is 164 Å². The van der Waals surface area contributed by atoms with Gasteiger partial charge >= 0.3 is 11.9 Å². The molecule has 28 heavy (non-hydrogen) atoms. The van der Waals surface area contributed by atoms with Gasteiger partial charge in [0.1, 0.15) is 0 Å². The van der Waals surface area contributed by atoms with E-state index >= 15 is 0 Å². The van der Waals surface area contributed by atoms with E-state index in [1.54, 1.807) is 32.0 Å². The highest BCUT2D eigenvalue weighted by Crippen LogP contribution is 2.31. The summed E-state index contributed by atoms with van der Waals surface area (Å²) in [6.07, 6.45) is 0. The number of benzene rings is 2. The van der Waals surface area contributed by atoms with E-state index in [4.69, 9.17) is 9.47 Å². The Morgan fingerprint density at radius 3 is 2.21 bits per heavy atom. The summed E-state index contributed by atoms with van der Waals surface area (Å²) in [7, 11) is 0. The zero-order chi connectivity index (χ0) is 20.1. The van der Waals surface area contributed by atoms with Gasteiger partial charge in [-0.15, -0.1) is 0 Å². The first kappa shape index (κ1) is 19.4. The number of hydrogen-bond acceptors (Lipinski definition) is 4. The summed E-state index contributed by atoms with van der Waals surface area (Å²) >= 11 is 0. The van der Waals surface area contributed by atoms with Crippen molar-refractivity contribution in [3.05, 3.63) is 77.5 Å². The van der Waals surface area contributed by atoms with Gasteiger partial charge in [0.15, 0.2) is 0 Å². The van der Waals surface area contributed by atoms with Crippen molar-refractivity contribution in [1.82, 2.24) is 4.57 Å². The number of esters is 2. The maximum Gasteiger partial charge on any atom is 0.340 e. The maximum absolute atomic E-state index is 12.6. The van der Waals surface area contributed by atoms with E-state index in [-0.39, 0.29) is 11.9 Å². The Morgan fingerprint density at radius 2 is 1.54 bits per heavy atom. The predicted octanol–water partition coefficient (Wildman–Crippen LogP) is 4.81. The van der Waals surface area contributed by atoms with Crippen LogP contribution in [-0.4, -0.2) is 29.7 Å². The molecular formula is C23H23NO4. The van der Waals surface area contributed by atoms with Crippen LogP contribution in [0.15, 0.2) is 60.7 Å². The number of carbonyl (C=O) groups is 2. The summed E-state index contributed by atoms with van der Waals surface area (Å²) in [5.41, 5.74) is 4.22. The van der Waals surface area contributed by atoms with Crippen molar-refractivity contribution in [2.45, 2.75) is 20.8 Å². The van der Waals surface area contributed by atoms with Gasteiger partial charge in [-0.25, -0.2) is 9.59 Å². The van der Waals surface area contributed by atoms with Gasteiger partial charge in [-0.3, -0.25) is 0 Å². The molecule has 5 nitrogen and oxygen atoms in total. The lowest BCUT2D eigenvalue weighted by molar-refractivity contribution is 0.0517. The average molecular weight is 377 g/mol. The quantitative estimate of drug-likeness (QED) is 0.579. The van der Waals surface area contributed by atoms with Crippen molar-refractivity contribution < 1.29 is 19.1 Å². The van der Waals surface area contributed by atoms with Crippen molar-refractivity contribution in [2.75, 3.05) is 13.2 Å². The van der Waals surface area contributed by atoms with Crippen LogP contribution in [0.4, 0.5) is 0 Å². The molecule has 0 saturated carbocycles. The molecule has 144 valence electrons. The largest absolute Gasteiger partial charge is 0.462 e. The number of nitrogens with zero attached hydrogens (tertiary/aromatic N) is 1. The summed E-state index contributed by atoms with van der Waals surface area (Å²) in [4.78, 5) is 24.7. The summed E-state index contributed by atoms with van der Waals surface area (Å²) in [6, 6.07) is 18.7. The van der Waals surface area contributed by atoms with E-state index in [0.29, 0.717) is 24.3 Å². The van der Waals surface area contributed by atoms with Crippen LogP contribution in [0.2, 0.25) is 0 Å².